The number of carboxylic acids is 1. The molecule has 92 valence electrons. The van der Waals surface area contributed by atoms with E-state index in [-0.39, 0.29) is 5.91 Å². The summed E-state index contributed by atoms with van der Waals surface area (Å²) in [5.41, 5.74) is 0. The Bertz CT molecular complexity index is 254. The maximum atomic E-state index is 11.7. The highest BCUT2D eigenvalue weighted by molar-refractivity contribution is 5.78. The van der Waals surface area contributed by atoms with E-state index in [2.05, 4.69) is 0 Å². The van der Waals surface area contributed by atoms with E-state index in [1.807, 2.05) is 6.92 Å². The number of nitrogens with zero attached hydrogens (tertiary/aromatic N) is 1. The third-order valence-corrected chi connectivity index (χ3v) is 2.79. The van der Waals surface area contributed by atoms with Crippen LogP contribution in [0.25, 0.3) is 0 Å². The minimum absolute atomic E-state index is 0.000556. The number of rotatable bonds is 5. The highest BCUT2D eigenvalue weighted by Crippen LogP contribution is 2.17. The Hall–Kier alpha value is -1.10. The first-order valence-electron chi connectivity index (χ1n) is 5.73. The zero-order chi connectivity index (χ0) is 12.0. The topological polar surface area (TPSA) is 66.8 Å². The van der Waals surface area contributed by atoms with Gasteiger partial charge in [-0.25, -0.2) is 0 Å². The standard InChI is InChI=1S/C11H19NO4/c1-2-16-7-5-10(13)12-6-3-4-9(8-12)11(14)15/h9H,2-8H2,1H3,(H,14,15)/t9-/m1/s1. The van der Waals surface area contributed by atoms with E-state index < -0.39 is 11.9 Å². The van der Waals surface area contributed by atoms with Gasteiger partial charge in [0.15, 0.2) is 0 Å². The number of likely N-dealkylation sites (tertiary alicyclic amines) is 1. The Balaban J connectivity index is 2.35. The lowest BCUT2D eigenvalue weighted by molar-refractivity contribution is -0.145. The molecule has 0 unspecified atom stereocenters. The fourth-order valence-electron chi connectivity index (χ4n) is 1.87. The molecule has 0 bridgehead atoms. The van der Waals surface area contributed by atoms with Gasteiger partial charge in [-0.3, -0.25) is 9.59 Å². The van der Waals surface area contributed by atoms with E-state index in [4.69, 9.17) is 9.84 Å². The molecule has 5 heteroatoms. The van der Waals surface area contributed by atoms with Crippen molar-refractivity contribution >= 4 is 11.9 Å². The molecule has 1 fully saturated rings. The van der Waals surface area contributed by atoms with Crippen LogP contribution in [0.3, 0.4) is 0 Å². The quantitative estimate of drug-likeness (QED) is 0.706. The maximum Gasteiger partial charge on any atom is 0.308 e. The summed E-state index contributed by atoms with van der Waals surface area (Å²) in [6.45, 7) is 3.93. The average molecular weight is 229 g/mol. The molecule has 1 aliphatic rings. The summed E-state index contributed by atoms with van der Waals surface area (Å²) in [7, 11) is 0. The molecule has 1 amide bonds. The van der Waals surface area contributed by atoms with Crippen molar-refractivity contribution in [3.63, 3.8) is 0 Å². The monoisotopic (exact) mass is 229 g/mol. The van der Waals surface area contributed by atoms with Crippen LogP contribution in [0.4, 0.5) is 0 Å². The number of carboxylic acid groups (broad SMARTS) is 1. The van der Waals surface area contributed by atoms with Crippen LogP contribution in [0, 0.1) is 5.92 Å². The van der Waals surface area contributed by atoms with Crippen molar-refractivity contribution in [2.75, 3.05) is 26.3 Å². The van der Waals surface area contributed by atoms with Crippen molar-refractivity contribution in [3.8, 4) is 0 Å². The predicted molar refractivity (Wildman–Crippen MR) is 58.0 cm³/mol. The van der Waals surface area contributed by atoms with Gasteiger partial charge in [-0.1, -0.05) is 0 Å². The second-order valence-electron chi connectivity index (χ2n) is 3.96. The van der Waals surface area contributed by atoms with Gasteiger partial charge in [0.25, 0.3) is 0 Å². The lowest BCUT2D eigenvalue weighted by Gasteiger charge is -2.30. The van der Waals surface area contributed by atoms with Gasteiger partial charge in [0.1, 0.15) is 0 Å². The summed E-state index contributed by atoms with van der Waals surface area (Å²) in [6.07, 6.45) is 1.79. The fourth-order valence-corrected chi connectivity index (χ4v) is 1.87. The first kappa shape index (κ1) is 13.0. The smallest absolute Gasteiger partial charge is 0.308 e. The van der Waals surface area contributed by atoms with Gasteiger partial charge in [0.05, 0.1) is 18.9 Å². The van der Waals surface area contributed by atoms with Gasteiger partial charge < -0.3 is 14.7 Å². The lowest BCUT2D eigenvalue weighted by Crippen LogP contribution is -2.42. The van der Waals surface area contributed by atoms with Crippen LogP contribution in [-0.4, -0.2) is 48.2 Å². The first-order chi connectivity index (χ1) is 7.65. The van der Waals surface area contributed by atoms with Gasteiger partial charge in [-0.2, -0.15) is 0 Å². The van der Waals surface area contributed by atoms with Crippen LogP contribution in [0.2, 0.25) is 0 Å². The number of hydrogen-bond donors (Lipinski definition) is 1. The molecule has 1 rings (SSSR count). The average Bonchev–Trinajstić information content (AvgIpc) is 2.29. The maximum absolute atomic E-state index is 11.7. The van der Waals surface area contributed by atoms with Crippen LogP contribution in [0.5, 0.6) is 0 Å². The summed E-state index contributed by atoms with van der Waals surface area (Å²) in [6, 6.07) is 0. The van der Waals surface area contributed by atoms with Gasteiger partial charge in [-0.15, -0.1) is 0 Å². The number of piperidine rings is 1. The minimum atomic E-state index is -0.803. The van der Waals surface area contributed by atoms with Gasteiger partial charge in [0.2, 0.25) is 5.91 Å². The second-order valence-corrected chi connectivity index (χ2v) is 3.96. The number of hydrogen-bond acceptors (Lipinski definition) is 3. The SMILES string of the molecule is CCOCCC(=O)N1CCC[C@@H](C(=O)O)C1. The predicted octanol–water partition coefficient (Wildman–Crippen LogP) is 0.736. The van der Waals surface area contributed by atoms with Crippen molar-refractivity contribution in [1.29, 1.82) is 0 Å². The summed E-state index contributed by atoms with van der Waals surface area (Å²) in [4.78, 5) is 24.2. The highest BCUT2D eigenvalue weighted by atomic mass is 16.5. The normalized spacial score (nSPS) is 20.8. The molecule has 16 heavy (non-hydrogen) atoms. The van der Waals surface area contributed by atoms with Crippen molar-refractivity contribution in [3.05, 3.63) is 0 Å². The molecule has 0 spiro atoms. The molecule has 0 radical (unpaired) electrons. The molecule has 0 aromatic rings. The van der Waals surface area contributed by atoms with Crippen molar-refractivity contribution in [2.24, 2.45) is 5.92 Å². The molecule has 1 heterocycles. The van der Waals surface area contributed by atoms with E-state index in [9.17, 15) is 9.59 Å². The van der Waals surface area contributed by atoms with Crippen LogP contribution >= 0.6 is 0 Å². The summed E-state index contributed by atoms with van der Waals surface area (Å²) < 4.78 is 5.11. The Labute approximate surface area is 95.4 Å². The summed E-state index contributed by atoms with van der Waals surface area (Å²) >= 11 is 0. The van der Waals surface area contributed by atoms with Gasteiger partial charge >= 0.3 is 5.97 Å². The summed E-state index contributed by atoms with van der Waals surface area (Å²) in [5, 5.41) is 8.89. The molecule has 0 aromatic heterocycles. The van der Waals surface area contributed by atoms with E-state index in [0.29, 0.717) is 39.1 Å². The van der Waals surface area contributed by atoms with Crippen molar-refractivity contribution in [2.45, 2.75) is 26.2 Å². The Kier molecular flexibility index (Phi) is 5.25. The molecule has 0 aromatic carbocycles. The Morgan fingerprint density at radius 2 is 2.25 bits per heavy atom. The first-order valence-corrected chi connectivity index (χ1v) is 5.73. The highest BCUT2D eigenvalue weighted by Gasteiger charge is 2.27. The number of amides is 1. The van der Waals surface area contributed by atoms with E-state index >= 15 is 0 Å². The van der Waals surface area contributed by atoms with Crippen LogP contribution < -0.4 is 0 Å². The lowest BCUT2D eigenvalue weighted by atomic mass is 9.98. The number of ether oxygens (including phenoxy) is 1. The van der Waals surface area contributed by atoms with Gasteiger partial charge in [0, 0.05) is 19.7 Å². The van der Waals surface area contributed by atoms with E-state index in [1.54, 1.807) is 4.90 Å². The largest absolute Gasteiger partial charge is 0.481 e. The van der Waals surface area contributed by atoms with Crippen LogP contribution in [0.15, 0.2) is 0 Å². The molecule has 0 aliphatic carbocycles. The zero-order valence-corrected chi connectivity index (χ0v) is 9.65. The number of carbonyl (C=O) groups is 2. The molecule has 1 N–H and O–H groups in total. The third-order valence-electron chi connectivity index (χ3n) is 2.79. The number of aliphatic carboxylic acids is 1. The summed E-state index contributed by atoms with van der Waals surface area (Å²) in [5.74, 6) is -1.20. The molecule has 5 nitrogen and oxygen atoms in total. The minimum Gasteiger partial charge on any atom is -0.481 e. The fraction of sp³-hybridized carbons (Fsp3) is 0.818. The van der Waals surface area contributed by atoms with Crippen molar-refractivity contribution in [1.82, 2.24) is 4.90 Å². The molecule has 1 aliphatic heterocycles. The van der Waals surface area contributed by atoms with Crippen LogP contribution in [0.1, 0.15) is 26.2 Å². The molecule has 1 atom stereocenters. The van der Waals surface area contributed by atoms with Crippen molar-refractivity contribution < 1.29 is 19.4 Å². The van der Waals surface area contributed by atoms with Gasteiger partial charge in [-0.05, 0) is 19.8 Å². The Morgan fingerprint density at radius 3 is 2.88 bits per heavy atom. The van der Waals surface area contributed by atoms with E-state index in [1.165, 1.54) is 0 Å². The zero-order valence-electron chi connectivity index (χ0n) is 9.65. The molecular weight excluding hydrogens is 210 g/mol. The van der Waals surface area contributed by atoms with Crippen LogP contribution in [-0.2, 0) is 14.3 Å². The molecular formula is C11H19NO4. The van der Waals surface area contributed by atoms with E-state index in [0.717, 1.165) is 6.42 Å². The third kappa shape index (κ3) is 3.81. The molecule has 0 saturated carbocycles. The second kappa shape index (κ2) is 6.48. The number of carbonyl (C=O) groups excluding carboxylic acids is 1. The molecule has 1 saturated heterocycles. The Morgan fingerprint density at radius 1 is 1.50 bits per heavy atom.